The van der Waals surface area contributed by atoms with Gasteiger partial charge in [0, 0.05) is 6.07 Å². The molecular weight excluding hydrogens is 295 g/mol. The first-order valence-electron chi connectivity index (χ1n) is 3.61. The van der Waals surface area contributed by atoms with Gasteiger partial charge in [-0.3, -0.25) is 4.21 Å². The Kier molecular flexibility index (Phi) is 7.07. The summed E-state index contributed by atoms with van der Waals surface area (Å²) in [6, 6.07) is 2.94. The van der Waals surface area contributed by atoms with Gasteiger partial charge in [0.15, 0.2) is 0 Å². The molecular formula is C8H8BrNaO4S. The molecule has 0 radical (unpaired) electrons. The minimum Gasteiger partial charge on any atom is -0.768 e. The SMILES string of the molecule is COc1cc(S(=O)[O-])c(OC)cc1Br.[Na+]. The largest absolute Gasteiger partial charge is 1.00 e. The van der Waals surface area contributed by atoms with Crippen molar-refractivity contribution in [3.05, 3.63) is 16.6 Å². The fourth-order valence-corrected chi connectivity index (χ4v) is 1.96. The van der Waals surface area contributed by atoms with Crippen LogP contribution in [0.4, 0.5) is 0 Å². The normalized spacial score (nSPS) is 11.5. The van der Waals surface area contributed by atoms with Gasteiger partial charge >= 0.3 is 29.6 Å². The van der Waals surface area contributed by atoms with E-state index in [2.05, 4.69) is 15.9 Å². The Hall–Kier alpha value is 0.410. The van der Waals surface area contributed by atoms with Gasteiger partial charge in [0.2, 0.25) is 0 Å². The van der Waals surface area contributed by atoms with Crippen molar-refractivity contribution in [3.63, 3.8) is 0 Å². The first kappa shape index (κ1) is 15.4. The van der Waals surface area contributed by atoms with Gasteiger partial charge in [-0.15, -0.1) is 0 Å². The predicted octanol–water partition coefficient (Wildman–Crippen LogP) is -1.29. The van der Waals surface area contributed by atoms with E-state index < -0.39 is 11.1 Å². The van der Waals surface area contributed by atoms with Crippen LogP contribution in [-0.4, -0.2) is 23.0 Å². The van der Waals surface area contributed by atoms with Crippen LogP contribution in [0.1, 0.15) is 0 Å². The number of hydrogen-bond acceptors (Lipinski definition) is 4. The van der Waals surface area contributed by atoms with Crippen LogP contribution in [0.25, 0.3) is 0 Å². The zero-order valence-corrected chi connectivity index (χ0v) is 13.0. The fraction of sp³-hybridized carbons (Fsp3) is 0.250. The Morgan fingerprint density at radius 1 is 1.27 bits per heavy atom. The van der Waals surface area contributed by atoms with Crippen LogP contribution >= 0.6 is 15.9 Å². The van der Waals surface area contributed by atoms with Crippen molar-refractivity contribution in [2.24, 2.45) is 0 Å². The molecule has 0 fully saturated rings. The quantitative estimate of drug-likeness (QED) is 0.515. The molecule has 0 aliphatic rings. The van der Waals surface area contributed by atoms with Crippen molar-refractivity contribution < 1.29 is 47.8 Å². The Morgan fingerprint density at radius 2 is 1.80 bits per heavy atom. The summed E-state index contributed by atoms with van der Waals surface area (Å²) in [5.41, 5.74) is 0. The van der Waals surface area contributed by atoms with Crippen LogP contribution in [0.5, 0.6) is 11.5 Å². The molecule has 0 aliphatic carbocycles. The summed E-state index contributed by atoms with van der Waals surface area (Å²) in [5, 5.41) is 0. The maximum Gasteiger partial charge on any atom is 1.00 e. The van der Waals surface area contributed by atoms with E-state index in [0.717, 1.165) is 0 Å². The van der Waals surface area contributed by atoms with E-state index in [1.807, 2.05) is 0 Å². The molecule has 1 unspecified atom stereocenters. The second-order valence-electron chi connectivity index (χ2n) is 2.37. The molecule has 0 saturated heterocycles. The number of hydrogen-bond donors (Lipinski definition) is 0. The molecule has 1 aromatic rings. The summed E-state index contributed by atoms with van der Waals surface area (Å²) < 4.78 is 32.1. The first-order chi connectivity index (χ1) is 6.60. The molecule has 0 spiro atoms. The first-order valence-corrected chi connectivity index (χ1v) is 5.47. The topological polar surface area (TPSA) is 58.6 Å². The summed E-state index contributed by atoms with van der Waals surface area (Å²) in [5.74, 6) is 0.732. The second-order valence-corrected chi connectivity index (χ2v) is 4.14. The van der Waals surface area contributed by atoms with Gasteiger partial charge in [-0.1, -0.05) is 0 Å². The maximum absolute atomic E-state index is 10.8. The van der Waals surface area contributed by atoms with Gasteiger partial charge in [0.1, 0.15) is 11.5 Å². The van der Waals surface area contributed by atoms with Gasteiger partial charge < -0.3 is 14.0 Å². The molecule has 0 amide bonds. The molecule has 0 N–H and O–H groups in total. The molecule has 1 rings (SSSR count). The van der Waals surface area contributed by atoms with E-state index in [1.54, 1.807) is 6.07 Å². The van der Waals surface area contributed by atoms with Crippen molar-refractivity contribution in [2.45, 2.75) is 4.90 Å². The molecule has 1 aromatic carbocycles. The Morgan fingerprint density at radius 3 is 2.20 bits per heavy atom. The number of halogens is 1. The number of rotatable bonds is 3. The second kappa shape index (κ2) is 6.88. The molecule has 4 nitrogen and oxygen atoms in total. The average molecular weight is 303 g/mol. The van der Waals surface area contributed by atoms with Crippen molar-refractivity contribution >= 4 is 27.0 Å². The fourth-order valence-electron chi connectivity index (χ4n) is 0.963. The zero-order valence-electron chi connectivity index (χ0n) is 8.57. The van der Waals surface area contributed by atoms with Gasteiger partial charge in [-0.2, -0.15) is 0 Å². The number of methoxy groups -OCH3 is 2. The van der Waals surface area contributed by atoms with Crippen LogP contribution in [0.15, 0.2) is 21.5 Å². The van der Waals surface area contributed by atoms with Crippen LogP contribution in [0.3, 0.4) is 0 Å². The van der Waals surface area contributed by atoms with Crippen LogP contribution in [0, 0.1) is 0 Å². The van der Waals surface area contributed by atoms with Gasteiger partial charge in [0.25, 0.3) is 0 Å². The maximum atomic E-state index is 10.8. The molecule has 15 heavy (non-hydrogen) atoms. The van der Waals surface area contributed by atoms with Crippen LogP contribution in [-0.2, 0) is 11.1 Å². The van der Waals surface area contributed by atoms with Crippen molar-refractivity contribution in [1.82, 2.24) is 0 Å². The van der Waals surface area contributed by atoms with E-state index in [1.165, 1.54) is 20.3 Å². The van der Waals surface area contributed by atoms with Gasteiger partial charge in [-0.25, -0.2) is 0 Å². The summed E-state index contributed by atoms with van der Waals surface area (Å²) in [6.45, 7) is 0. The monoisotopic (exact) mass is 302 g/mol. The van der Waals surface area contributed by atoms with Gasteiger partial charge in [-0.05, 0) is 33.1 Å². The molecule has 0 aliphatic heterocycles. The summed E-state index contributed by atoms with van der Waals surface area (Å²) in [4.78, 5) is 0.0764. The minimum absolute atomic E-state index is 0. The van der Waals surface area contributed by atoms with E-state index in [-0.39, 0.29) is 40.2 Å². The summed E-state index contributed by atoms with van der Waals surface area (Å²) in [7, 11) is 2.87. The van der Waals surface area contributed by atoms with E-state index in [9.17, 15) is 8.76 Å². The third-order valence-electron chi connectivity index (χ3n) is 1.62. The Bertz CT molecular complexity index is 372. The third-order valence-corrected chi connectivity index (χ3v) is 2.92. The standard InChI is InChI=1S/C8H9BrO4S.Na/c1-12-6-4-8(14(10)11)7(13-2)3-5(6)9;/h3-4H,1-2H3,(H,10,11);/q;+1/p-1. The van der Waals surface area contributed by atoms with Gasteiger partial charge in [0.05, 0.1) is 23.6 Å². The molecule has 0 heterocycles. The molecule has 7 heteroatoms. The smallest absolute Gasteiger partial charge is 0.768 e. The Labute approximate surface area is 121 Å². The number of benzene rings is 1. The molecule has 0 bridgehead atoms. The Balaban J connectivity index is 0.00000196. The average Bonchev–Trinajstić information content (AvgIpc) is 2.16. The van der Waals surface area contributed by atoms with E-state index in [0.29, 0.717) is 10.2 Å². The van der Waals surface area contributed by atoms with Crippen LogP contribution < -0.4 is 39.0 Å². The number of ether oxygens (including phenoxy) is 2. The molecule has 0 saturated carbocycles. The van der Waals surface area contributed by atoms with E-state index in [4.69, 9.17) is 9.47 Å². The summed E-state index contributed by atoms with van der Waals surface area (Å²) >= 11 is 0.889. The van der Waals surface area contributed by atoms with Crippen molar-refractivity contribution in [3.8, 4) is 11.5 Å². The molecule has 0 aromatic heterocycles. The zero-order chi connectivity index (χ0) is 10.7. The van der Waals surface area contributed by atoms with Crippen LogP contribution in [0.2, 0.25) is 0 Å². The van der Waals surface area contributed by atoms with E-state index >= 15 is 0 Å². The van der Waals surface area contributed by atoms with Crippen molar-refractivity contribution in [1.29, 1.82) is 0 Å². The van der Waals surface area contributed by atoms with Crippen molar-refractivity contribution in [2.75, 3.05) is 14.2 Å². The molecule has 78 valence electrons. The predicted molar refractivity (Wildman–Crippen MR) is 54.4 cm³/mol. The third kappa shape index (κ3) is 3.72. The summed E-state index contributed by atoms with van der Waals surface area (Å²) in [6.07, 6.45) is 0. The molecule has 1 atom stereocenters. The minimum atomic E-state index is -2.34.